The van der Waals surface area contributed by atoms with Gasteiger partial charge in [-0.25, -0.2) is 9.37 Å². The number of hydrogen-bond acceptors (Lipinski definition) is 3. The summed E-state index contributed by atoms with van der Waals surface area (Å²) in [7, 11) is 0. The molecule has 1 aromatic heterocycles. The largest absolute Gasteiger partial charge is 0.473 e. The number of hydrogen-bond donors (Lipinski definition) is 1. The van der Waals surface area contributed by atoms with Crippen LogP contribution in [0, 0.1) is 5.82 Å². The Morgan fingerprint density at radius 3 is 2.76 bits per heavy atom. The zero-order valence-corrected chi connectivity index (χ0v) is 12.8. The Morgan fingerprint density at radius 1 is 1.29 bits per heavy atom. The molecule has 0 spiro atoms. The molecule has 0 saturated heterocycles. The van der Waals surface area contributed by atoms with Crippen LogP contribution in [0.5, 0.6) is 5.88 Å². The fourth-order valence-electron chi connectivity index (χ4n) is 1.75. The number of ether oxygens (including phenoxy) is 1. The molecule has 0 aliphatic rings. The molecule has 0 amide bonds. The number of benzene rings is 1. The van der Waals surface area contributed by atoms with Gasteiger partial charge >= 0.3 is 0 Å². The Hall–Kier alpha value is -1.65. The first-order valence-electron chi connectivity index (χ1n) is 6.80. The first kappa shape index (κ1) is 15.7. The second-order valence-corrected chi connectivity index (χ2v) is 5.44. The second kappa shape index (κ2) is 7.38. The van der Waals surface area contributed by atoms with E-state index in [1.165, 1.54) is 6.07 Å². The SMILES string of the molecule is CC(C)NCc1cc(OCc2ccccc2F)ncc1Cl. The average molecular weight is 309 g/mol. The fraction of sp³-hybridized carbons (Fsp3) is 0.312. The Morgan fingerprint density at radius 2 is 2.05 bits per heavy atom. The quantitative estimate of drug-likeness (QED) is 0.877. The minimum Gasteiger partial charge on any atom is -0.473 e. The van der Waals surface area contributed by atoms with Crippen molar-refractivity contribution in [1.29, 1.82) is 0 Å². The lowest BCUT2D eigenvalue weighted by Crippen LogP contribution is -2.22. The van der Waals surface area contributed by atoms with E-state index in [-0.39, 0.29) is 12.4 Å². The van der Waals surface area contributed by atoms with Crippen molar-refractivity contribution in [1.82, 2.24) is 10.3 Å². The van der Waals surface area contributed by atoms with Crippen molar-refractivity contribution < 1.29 is 9.13 Å². The van der Waals surface area contributed by atoms with Gasteiger partial charge in [0.05, 0.1) is 5.02 Å². The Bertz CT molecular complexity index is 605. The smallest absolute Gasteiger partial charge is 0.213 e. The number of rotatable bonds is 6. The lowest BCUT2D eigenvalue weighted by atomic mass is 10.2. The van der Waals surface area contributed by atoms with Crippen LogP contribution in [0.4, 0.5) is 4.39 Å². The Kier molecular flexibility index (Phi) is 5.53. The summed E-state index contributed by atoms with van der Waals surface area (Å²) in [6.07, 6.45) is 1.55. The first-order chi connectivity index (χ1) is 10.1. The van der Waals surface area contributed by atoms with Crippen molar-refractivity contribution in [3.8, 4) is 5.88 Å². The topological polar surface area (TPSA) is 34.1 Å². The molecule has 0 saturated carbocycles. The van der Waals surface area contributed by atoms with E-state index in [1.807, 2.05) is 0 Å². The summed E-state index contributed by atoms with van der Waals surface area (Å²) in [4.78, 5) is 4.11. The summed E-state index contributed by atoms with van der Waals surface area (Å²) in [6, 6.07) is 8.65. The van der Waals surface area contributed by atoms with Crippen molar-refractivity contribution >= 4 is 11.6 Å². The van der Waals surface area contributed by atoms with E-state index in [0.717, 1.165) is 5.56 Å². The molecule has 0 bridgehead atoms. The van der Waals surface area contributed by atoms with Crippen LogP contribution in [-0.4, -0.2) is 11.0 Å². The van der Waals surface area contributed by atoms with Gasteiger partial charge in [0, 0.05) is 30.4 Å². The van der Waals surface area contributed by atoms with Crippen LogP contribution in [0.1, 0.15) is 25.0 Å². The molecular formula is C16H18ClFN2O. The van der Waals surface area contributed by atoms with Crippen LogP contribution in [0.15, 0.2) is 36.5 Å². The molecule has 5 heteroatoms. The standard InChI is InChI=1S/C16H18ClFN2O/c1-11(2)19-8-13-7-16(20-9-14(13)17)21-10-12-5-3-4-6-15(12)18/h3-7,9,11,19H,8,10H2,1-2H3. The summed E-state index contributed by atoms with van der Waals surface area (Å²) in [6.45, 7) is 4.89. The number of nitrogens with one attached hydrogen (secondary N) is 1. The van der Waals surface area contributed by atoms with Gasteiger partial charge in [0.1, 0.15) is 12.4 Å². The molecule has 21 heavy (non-hydrogen) atoms. The van der Waals surface area contributed by atoms with E-state index in [0.29, 0.717) is 29.1 Å². The van der Waals surface area contributed by atoms with Gasteiger partial charge in [-0.3, -0.25) is 0 Å². The summed E-state index contributed by atoms with van der Waals surface area (Å²) < 4.78 is 19.1. The third-order valence-corrected chi connectivity index (χ3v) is 3.28. The van der Waals surface area contributed by atoms with Gasteiger partial charge in [0.25, 0.3) is 0 Å². The third kappa shape index (κ3) is 4.69. The van der Waals surface area contributed by atoms with Crippen molar-refractivity contribution in [3.63, 3.8) is 0 Å². The molecule has 1 heterocycles. The van der Waals surface area contributed by atoms with Crippen LogP contribution >= 0.6 is 11.6 Å². The highest BCUT2D eigenvalue weighted by molar-refractivity contribution is 6.31. The molecule has 0 radical (unpaired) electrons. The molecule has 0 aliphatic heterocycles. The molecule has 3 nitrogen and oxygen atoms in total. The van der Waals surface area contributed by atoms with Crippen LogP contribution < -0.4 is 10.1 Å². The summed E-state index contributed by atoms with van der Waals surface area (Å²) in [5.74, 6) is 0.149. The van der Waals surface area contributed by atoms with Crippen molar-refractivity contribution in [2.75, 3.05) is 0 Å². The highest BCUT2D eigenvalue weighted by atomic mass is 35.5. The molecule has 2 aromatic rings. The van der Waals surface area contributed by atoms with Crippen molar-refractivity contribution in [3.05, 3.63) is 58.5 Å². The van der Waals surface area contributed by atoms with Gasteiger partial charge in [-0.2, -0.15) is 0 Å². The number of aromatic nitrogens is 1. The maximum atomic E-state index is 13.5. The summed E-state index contributed by atoms with van der Waals surface area (Å²) in [5.41, 5.74) is 1.40. The molecule has 112 valence electrons. The molecule has 1 aromatic carbocycles. The fourth-order valence-corrected chi connectivity index (χ4v) is 1.92. The van der Waals surface area contributed by atoms with Gasteiger partial charge in [-0.15, -0.1) is 0 Å². The highest BCUT2D eigenvalue weighted by Crippen LogP contribution is 2.20. The Balaban J connectivity index is 2.03. The van der Waals surface area contributed by atoms with E-state index in [4.69, 9.17) is 16.3 Å². The summed E-state index contributed by atoms with van der Waals surface area (Å²) >= 11 is 6.10. The lowest BCUT2D eigenvalue weighted by Gasteiger charge is -2.11. The number of nitrogens with zero attached hydrogens (tertiary/aromatic N) is 1. The highest BCUT2D eigenvalue weighted by Gasteiger charge is 2.07. The van der Waals surface area contributed by atoms with E-state index in [2.05, 4.69) is 24.1 Å². The monoisotopic (exact) mass is 308 g/mol. The molecule has 0 aliphatic carbocycles. The second-order valence-electron chi connectivity index (χ2n) is 5.03. The minimum atomic E-state index is -0.284. The van der Waals surface area contributed by atoms with Crippen molar-refractivity contribution in [2.45, 2.75) is 33.0 Å². The first-order valence-corrected chi connectivity index (χ1v) is 7.18. The molecule has 2 rings (SSSR count). The van der Waals surface area contributed by atoms with Crippen LogP contribution in [0.2, 0.25) is 5.02 Å². The molecule has 1 N–H and O–H groups in total. The van der Waals surface area contributed by atoms with E-state index in [9.17, 15) is 4.39 Å². The van der Waals surface area contributed by atoms with Gasteiger partial charge in [0.15, 0.2) is 0 Å². The van der Waals surface area contributed by atoms with Crippen LogP contribution in [-0.2, 0) is 13.2 Å². The molecule has 0 fully saturated rings. The van der Waals surface area contributed by atoms with Crippen LogP contribution in [0.3, 0.4) is 0 Å². The maximum Gasteiger partial charge on any atom is 0.213 e. The number of pyridine rings is 1. The van der Waals surface area contributed by atoms with Gasteiger partial charge in [-0.05, 0) is 11.6 Å². The summed E-state index contributed by atoms with van der Waals surface area (Å²) in [5, 5.41) is 3.87. The van der Waals surface area contributed by atoms with E-state index < -0.39 is 0 Å². The average Bonchev–Trinajstić information content (AvgIpc) is 2.46. The number of halogens is 2. The lowest BCUT2D eigenvalue weighted by molar-refractivity contribution is 0.287. The predicted molar refractivity (Wildman–Crippen MR) is 82.0 cm³/mol. The van der Waals surface area contributed by atoms with Crippen LogP contribution in [0.25, 0.3) is 0 Å². The normalized spacial score (nSPS) is 10.9. The minimum absolute atomic E-state index is 0.137. The zero-order chi connectivity index (χ0) is 15.2. The van der Waals surface area contributed by atoms with Crippen molar-refractivity contribution in [2.24, 2.45) is 0 Å². The maximum absolute atomic E-state index is 13.5. The van der Waals surface area contributed by atoms with Gasteiger partial charge in [-0.1, -0.05) is 43.6 Å². The molecule has 0 unspecified atom stereocenters. The van der Waals surface area contributed by atoms with Gasteiger partial charge < -0.3 is 10.1 Å². The van der Waals surface area contributed by atoms with Gasteiger partial charge in [0.2, 0.25) is 5.88 Å². The zero-order valence-electron chi connectivity index (χ0n) is 12.1. The van der Waals surface area contributed by atoms with E-state index >= 15 is 0 Å². The van der Waals surface area contributed by atoms with E-state index in [1.54, 1.807) is 30.5 Å². The molecule has 0 atom stereocenters. The Labute approximate surface area is 129 Å². The molecular weight excluding hydrogens is 291 g/mol. The predicted octanol–water partition coefficient (Wildman–Crippen LogP) is 3.95. The third-order valence-electron chi connectivity index (χ3n) is 2.94.